The minimum absolute atomic E-state index is 0. The summed E-state index contributed by atoms with van der Waals surface area (Å²) in [5.41, 5.74) is 0. The summed E-state index contributed by atoms with van der Waals surface area (Å²) in [7, 11) is 0. The quantitative estimate of drug-likeness (QED) is 0.384. The summed E-state index contributed by atoms with van der Waals surface area (Å²) in [6, 6.07) is 0. The van der Waals surface area contributed by atoms with E-state index in [1.165, 1.54) is 5.75 Å². The molecule has 0 aromatic rings. The van der Waals surface area contributed by atoms with Crippen LogP contribution in [0.25, 0.3) is 0 Å². The lowest BCUT2D eigenvalue weighted by molar-refractivity contribution is 0.217. The lowest BCUT2D eigenvalue weighted by Gasteiger charge is -1.75. The second kappa shape index (κ2) is 3.56. The molecule has 1 nitrogen and oxygen atoms in total. The maximum Gasteiger partial charge on any atom is 0.0922 e. The number of hydrogen-bond acceptors (Lipinski definition) is 2. The normalized spacial score (nSPS) is 20.0. The van der Waals surface area contributed by atoms with Crippen molar-refractivity contribution in [1.82, 2.24) is 0 Å². The topological polar surface area (TPSA) is 9.23 Å². The van der Waals surface area contributed by atoms with Crippen molar-refractivity contribution in [2.24, 2.45) is 0 Å². The maximum absolute atomic E-state index is 4.91. The summed E-state index contributed by atoms with van der Waals surface area (Å²) >= 11 is 1.85. The van der Waals surface area contributed by atoms with Crippen LogP contribution >= 0.6 is 11.8 Å². The van der Waals surface area contributed by atoms with Crippen LogP contribution in [0.15, 0.2) is 0 Å². The molecule has 0 N–H and O–H groups in total. The third-order valence-electron chi connectivity index (χ3n) is 0.539. The summed E-state index contributed by atoms with van der Waals surface area (Å²) in [6.45, 7) is 0.963. The highest BCUT2D eigenvalue weighted by Gasteiger charge is 1.94. The molecule has 1 fully saturated rings. The molecule has 1 saturated heterocycles. The van der Waals surface area contributed by atoms with Crippen molar-refractivity contribution < 1.29 is 4.74 Å². The number of thioether (sulfide) groups is 1. The van der Waals surface area contributed by atoms with Crippen LogP contribution in [-0.2, 0) is 4.74 Å². The van der Waals surface area contributed by atoms with E-state index in [-0.39, 0.29) is 8.41 Å². The van der Waals surface area contributed by atoms with Gasteiger partial charge in [0.05, 0.1) is 21.0 Å². The first-order valence-electron chi connectivity index (χ1n) is 1.65. The van der Waals surface area contributed by atoms with Gasteiger partial charge in [-0.3, -0.25) is 0 Å². The first-order valence-corrected chi connectivity index (χ1v) is 2.81. The molecule has 3 heteroatoms. The number of ether oxygens (including phenoxy) is 1. The highest BCUT2D eigenvalue weighted by molar-refractivity contribution is 7.99. The largest absolute Gasteiger partial charge is 0.370 e. The van der Waals surface area contributed by atoms with Crippen LogP contribution in [0.4, 0.5) is 0 Å². The molecule has 1 rings (SSSR count). The van der Waals surface area contributed by atoms with E-state index in [0.29, 0.717) is 0 Å². The van der Waals surface area contributed by atoms with E-state index in [1.54, 1.807) is 0 Å². The van der Waals surface area contributed by atoms with E-state index in [1.807, 2.05) is 11.8 Å². The van der Waals surface area contributed by atoms with Crippen molar-refractivity contribution in [3.8, 4) is 0 Å². The van der Waals surface area contributed by atoms with E-state index in [9.17, 15) is 0 Å². The van der Waals surface area contributed by atoms with Gasteiger partial charge in [0, 0.05) is 5.75 Å². The molecule has 0 radical (unpaired) electrons. The van der Waals surface area contributed by atoms with Gasteiger partial charge in [-0.2, -0.15) is 0 Å². The molecule has 1 heterocycles. The molecule has 6 heavy (non-hydrogen) atoms. The minimum atomic E-state index is 0. The first-order chi connectivity index (χ1) is 2.50. The van der Waals surface area contributed by atoms with Crippen LogP contribution in [0, 0.1) is 0 Å². The van der Waals surface area contributed by atoms with Gasteiger partial charge in [0.15, 0.2) is 0 Å². The molecule has 0 saturated carbocycles. The molecular formula is C3H9BOS. The molecule has 0 amide bonds. The van der Waals surface area contributed by atoms with E-state index in [0.717, 1.165) is 12.5 Å². The van der Waals surface area contributed by atoms with Gasteiger partial charge in [-0.05, 0) is 0 Å². The summed E-state index contributed by atoms with van der Waals surface area (Å²) in [6.07, 6.45) is 0. The molecular weight excluding hydrogens is 94.9 g/mol. The molecule has 0 unspecified atom stereocenters. The summed E-state index contributed by atoms with van der Waals surface area (Å²) < 4.78 is 4.91. The van der Waals surface area contributed by atoms with Crippen molar-refractivity contribution in [1.29, 1.82) is 0 Å². The summed E-state index contributed by atoms with van der Waals surface area (Å²) in [4.78, 5) is 0. The number of rotatable bonds is 0. The van der Waals surface area contributed by atoms with Crippen molar-refractivity contribution in [2.45, 2.75) is 0 Å². The minimum Gasteiger partial charge on any atom is -0.370 e. The van der Waals surface area contributed by atoms with Crippen molar-refractivity contribution >= 4 is 20.2 Å². The van der Waals surface area contributed by atoms with E-state index >= 15 is 0 Å². The molecule has 0 bridgehead atoms. The SMILES string of the molecule is B.C1CSCO1. The smallest absolute Gasteiger partial charge is 0.0922 e. The summed E-state index contributed by atoms with van der Waals surface area (Å²) in [5.74, 6) is 2.11. The maximum atomic E-state index is 4.91. The Morgan fingerprint density at radius 2 is 2.33 bits per heavy atom. The standard InChI is InChI=1S/C3H6OS.BH3/c1-2-5-3-4-1;/h1-3H2;1H3. The Hall–Kier alpha value is 0.375. The van der Waals surface area contributed by atoms with Crippen LogP contribution in [0.5, 0.6) is 0 Å². The molecule has 0 spiro atoms. The lowest BCUT2D eigenvalue weighted by Crippen LogP contribution is -1.77. The zero-order valence-corrected chi connectivity index (χ0v) is 3.75. The van der Waals surface area contributed by atoms with Crippen LogP contribution in [0.2, 0.25) is 0 Å². The molecule has 0 atom stereocenters. The van der Waals surface area contributed by atoms with Gasteiger partial charge < -0.3 is 4.74 Å². The number of hydrogen-bond donors (Lipinski definition) is 0. The van der Waals surface area contributed by atoms with Gasteiger partial charge in [-0.1, -0.05) is 0 Å². The third kappa shape index (κ3) is 1.72. The van der Waals surface area contributed by atoms with Gasteiger partial charge in [-0.15, -0.1) is 11.8 Å². The first kappa shape index (κ1) is 6.37. The Balaban J connectivity index is 0.000000250. The second-order valence-corrected chi connectivity index (χ2v) is 1.99. The highest BCUT2D eigenvalue weighted by atomic mass is 32.2. The van der Waals surface area contributed by atoms with Crippen LogP contribution in [-0.4, -0.2) is 26.7 Å². The van der Waals surface area contributed by atoms with Crippen molar-refractivity contribution in [3.05, 3.63) is 0 Å². The second-order valence-electron chi connectivity index (χ2n) is 0.934. The van der Waals surface area contributed by atoms with Crippen molar-refractivity contribution in [3.63, 3.8) is 0 Å². The predicted molar refractivity (Wildman–Crippen MR) is 33.2 cm³/mol. The monoisotopic (exact) mass is 104 g/mol. The zero-order valence-electron chi connectivity index (χ0n) is 2.94. The highest BCUT2D eigenvalue weighted by Crippen LogP contribution is 2.06. The van der Waals surface area contributed by atoms with Crippen LogP contribution < -0.4 is 0 Å². The van der Waals surface area contributed by atoms with E-state index in [4.69, 9.17) is 4.74 Å². The molecule has 36 valence electrons. The van der Waals surface area contributed by atoms with Gasteiger partial charge in [0.1, 0.15) is 0 Å². The van der Waals surface area contributed by atoms with Gasteiger partial charge in [0.25, 0.3) is 0 Å². The average Bonchev–Trinajstić information content (AvgIpc) is 1.76. The zero-order chi connectivity index (χ0) is 3.54. The Labute approximate surface area is 44.0 Å². The predicted octanol–water partition coefficient (Wildman–Crippen LogP) is -0.477. The third-order valence-corrected chi connectivity index (χ3v) is 1.33. The Kier molecular flexibility index (Phi) is 3.78. The van der Waals surface area contributed by atoms with Gasteiger partial charge >= 0.3 is 0 Å². The molecule has 1 aliphatic rings. The van der Waals surface area contributed by atoms with Crippen LogP contribution in [0.3, 0.4) is 0 Å². The Bertz CT molecular complexity index is 22.4. The Morgan fingerprint density at radius 3 is 2.50 bits per heavy atom. The molecule has 0 aromatic heterocycles. The fourth-order valence-electron chi connectivity index (χ4n) is 0.295. The van der Waals surface area contributed by atoms with Crippen LogP contribution in [0.1, 0.15) is 0 Å². The molecule has 0 aromatic carbocycles. The van der Waals surface area contributed by atoms with E-state index in [2.05, 4.69) is 0 Å². The van der Waals surface area contributed by atoms with Gasteiger partial charge in [-0.25, -0.2) is 0 Å². The fourth-order valence-corrected chi connectivity index (χ4v) is 0.884. The van der Waals surface area contributed by atoms with Gasteiger partial charge in [0.2, 0.25) is 0 Å². The molecule has 0 aliphatic carbocycles. The lowest BCUT2D eigenvalue weighted by atomic mass is 10.8. The van der Waals surface area contributed by atoms with E-state index < -0.39 is 0 Å². The van der Waals surface area contributed by atoms with Crippen molar-refractivity contribution in [2.75, 3.05) is 18.3 Å². The molecule has 1 aliphatic heterocycles. The fraction of sp³-hybridized carbons (Fsp3) is 1.00. The average molecular weight is 104 g/mol. The summed E-state index contributed by atoms with van der Waals surface area (Å²) in [5, 5.41) is 0. The Morgan fingerprint density at radius 1 is 1.50 bits per heavy atom.